The molecule has 4 aromatic rings. The Morgan fingerprint density at radius 2 is 1.70 bits per heavy atom. The summed E-state index contributed by atoms with van der Waals surface area (Å²) in [5, 5.41) is 40.7. The van der Waals surface area contributed by atoms with Crippen molar-refractivity contribution in [2.75, 3.05) is 18.0 Å². The van der Waals surface area contributed by atoms with Gasteiger partial charge in [-0.05, 0) is 49.2 Å². The van der Waals surface area contributed by atoms with Crippen LogP contribution in [-0.2, 0) is 19.2 Å². The lowest BCUT2D eigenvalue weighted by Gasteiger charge is -2.43. The minimum absolute atomic E-state index is 0.0967. The van der Waals surface area contributed by atoms with Crippen LogP contribution in [0.2, 0.25) is 10.0 Å². The quantitative estimate of drug-likeness (QED) is 0.144. The van der Waals surface area contributed by atoms with Crippen molar-refractivity contribution in [3.8, 4) is 17.1 Å². The van der Waals surface area contributed by atoms with E-state index in [1.54, 1.807) is 18.2 Å². The highest BCUT2D eigenvalue weighted by molar-refractivity contribution is 6.33. The van der Waals surface area contributed by atoms with E-state index in [0.29, 0.717) is 38.4 Å². The molecule has 2 fully saturated rings. The number of aliphatic hydroxyl groups is 3. The van der Waals surface area contributed by atoms with E-state index in [0.717, 1.165) is 5.69 Å². The molecule has 0 bridgehead atoms. The summed E-state index contributed by atoms with van der Waals surface area (Å²) < 4.78 is 7.01. The number of carbonyl (C=O) groups excluding carboxylic acids is 1. The molecule has 0 unspecified atom stereocenters. The van der Waals surface area contributed by atoms with E-state index in [-0.39, 0.29) is 25.9 Å². The Hall–Kier alpha value is -3.93. The molecule has 46 heavy (non-hydrogen) atoms. The minimum Gasteiger partial charge on any atom is -0.479 e. The van der Waals surface area contributed by atoms with Crippen molar-refractivity contribution in [1.29, 1.82) is 0 Å². The van der Waals surface area contributed by atoms with Gasteiger partial charge >= 0.3 is 5.97 Å². The zero-order valence-corrected chi connectivity index (χ0v) is 25.4. The summed E-state index contributed by atoms with van der Waals surface area (Å²) in [6.07, 6.45) is -7.59. The number of ether oxygens (including phenoxy) is 1. The number of hydroxylamine groups is 1. The molecule has 4 heterocycles. The van der Waals surface area contributed by atoms with Gasteiger partial charge in [-0.25, -0.2) is 19.7 Å². The number of aromatic nitrogens is 4. The van der Waals surface area contributed by atoms with Crippen molar-refractivity contribution >= 4 is 52.1 Å². The molecule has 17 heteroatoms. The molecule has 2 aromatic carbocycles. The number of benzene rings is 2. The van der Waals surface area contributed by atoms with Gasteiger partial charge in [-0.1, -0.05) is 35.3 Å². The number of carbonyl (C=O) groups is 2. The zero-order valence-electron chi connectivity index (χ0n) is 23.9. The molecule has 0 aliphatic carbocycles. The number of piperidine rings is 1. The van der Waals surface area contributed by atoms with Crippen LogP contribution in [0.15, 0.2) is 54.9 Å². The summed E-state index contributed by atoms with van der Waals surface area (Å²) in [7, 11) is 0. The van der Waals surface area contributed by atoms with Gasteiger partial charge in [0.15, 0.2) is 23.1 Å². The number of nitrogens with zero attached hydrogens (tertiary/aromatic N) is 5. The molecule has 7 N–H and O–H groups in total. The van der Waals surface area contributed by atoms with Gasteiger partial charge in [0.25, 0.3) is 0 Å². The number of carboxylic acids is 1. The lowest BCUT2D eigenvalue weighted by molar-refractivity contribution is -0.314. The number of anilines is 1. The molecule has 2 aliphatic heterocycles. The third-order valence-electron chi connectivity index (χ3n) is 8.20. The van der Waals surface area contributed by atoms with Crippen molar-refractivity contribution in [3.05, 3.63) is 64.9 Å². The van der Waals surface area contributed by atoms with Gasteiger partial charge in [0.05, 0.1) is 5.02 Å². The second-order valence-electron chi connectivity index (χ2n) is 11.0. The minimum atomic E-state index is -1.90. The molecule has 15 nitrogen and oxygen atoms in total. The highest BCUT2D eigenvalue weighted by Gasteiger charge is 2.49. The van der Waals surface area contributed by atoms with E-state index < -0.39 is 48.1 Å². The number of amides is 1. The van der Waals surface area contributed by atoms with Crippen LogP contribution in [0.25, 0.3) is 28.2 Å². The third kappa shape index (κ3) is 5.76. The Bertz CT molecular complexity index is 1770. The number of hydrogen-bond donors (Lipinski definition) is 6. The lowest BCUT2D eigenvalue weighted by Crippen LogP contribution is -2.65. The fourth-order valence-electron chi connectivity index (χ4n) is 5.59. The largest absolute Gasteiger partial charge is 0.479 e. The Balaban J connectivity index is 1.28. The average molecular weight is 674 g/mol. The Labute approximate surface area is 271 Å². The van der Waals surface area contributed by atoms with Crippen LogP contribution in [0.3, 0.4) is 0 Å². The lowest BCUT2D eigenvalue weighted by atomic mass is 9.87. The SMILES string of the molecule is NC(=O)C1(NO[C@@H]2O[C@H](C(=O)O)[C@@H](O)[C@H](O)[C@H]2O)CCN(c2ncnc3c2nc(-c2ccccc2Cl)n3-c2ccc(Cl)cc2)CC1. The van der Waals surface area contributed by atoms with Crippen LogP contribution in [-0.4, -0.2) is 101 Å². The molecule has 2 aliphatic rings. The number of carboxylic acid groups (broad SMARTS) is 1. The van der Waals surface area contributed by atoms with E-state index >= 15 is 0 Å². The zero-order chi connectivity index (χ0) is 32.7. The Kier molecular flexibility index (Phi) is 8.84. The molecule has 0 radical (unpaired) electrons. The number of primary amides is 1. The number of hydrogen-bond acceptors (Lipinski definition) is 12. The number of halogens is 2. The summed E-state index contributed by atoms with van der Waals surface area (Å²) in [5.41, 5.74) is 9.28. The molecule has 2 aromatic heterocycles. The standard InChI is InChI=1S/C29H29Cl2N7O8/c30-14-5-7-15(8-6-14)38-23(16-3-1-2-4-17(16)31)35-18-24(33-13-34-25(18)38)37-11-9-29(10-12-37,28(32)44)36-46-27-21(41)19(39)20(40)22(45-27)26(42)43/h1-8,13,19-22,27,36,39-41H,9-12H2,(H2,32,44)(H,42,43)/t19-,20-,21+,22-,27-/m0/s1. The maximum absolute atomic E-state index is 12.7. The second-order valence-corrected chi connectivity index (χ2v) is 11.8. The van der Waals surface area contributed by atoms with Crippen LogP contribution in [0.4, 0.5) is 5.82 Å². The first-order valence-corrected chi connectivity index (χ1v) is 14.9. The summed E-state index contributed by atoms with van der Waals surface area (Å²) in [4.78, 5) is 45.5. The number of aliphatic carboxylic acids is 1. The molecule has 0 saturated carbocycles. The van der Waals surface area contributed by atoms with Gasteiger partial charge in [-0.3, -0.25) is 14.2 Å². The van der Waals surface area contributed by atoms with Crippen LogP contribution in [0, 0.1) is 0 Å². The number of nitrogens with two attached hydrogens (primary N) is 1. The van der Waals surface area contributed by atoms with Gasteiger partial charge in [0, 0.05) is 29.4 Å². The molecule has 0 spiro atoms. The van der Waals surface area contributed by atoms with Crippen molar-refractivity contribution < 1.29 is 39.6 Å². The number of aliphatic hydroxyl groups excluding tert-OH is 3. The molecule has 1 amide bonds. The molecular weight excluding hydrogens is 645 g/mol. The Morgan fingerprint density at radius 1 is 1.00 bits per heavy atom. The normalized spacial score (nSPS) is 24.6. The molecular formula is C29H29Cl2N7O8. The second kappa shape index (κ2) is 12.7. The van der Waals surface area contributed by atoms with E-state index in [1.807, 2.05) is 39.8 Å². The van der Waals surface area contributed by atoms with E-state index in [9.17, 15) is 30.0 Å². The van der Waals surface area contributed by atoms with Gasteiger partial charge in [0.1, 0.15) is 36.0 Å². The van der Waals surface area contributed by atoms with Crippen LogP contribution in [0.1, 0.15) is 12.8 Å². The molecule has 5 atom stereocenters. The van der Waals surface area contributed by atoms with Gasteiger partial charge in [0.2, 0.25) is 12.2 Å². The highest BCUT2D eigenvalue weighted by atomic mass is 35.5. The summed E-state index contributed by atoms with van der Waals surface area (Å²) >= 11 is 12.8. The van der Waals surface area contributed by atoms with E-state index in [2.05, 4.69) is 15.4 Å². The van der Waals surface area contributed by atoms with Crippen LogP contribution in [0.5, 0.6) is 0 Å². The maximum atomic E-state index is 12.7. The van der Waals surface area contributed by atoms with Gasteiger partial charge in [-0.2, -0.15) is 5.48 Å². The molecule has 242 valence electrons. The predicted molar refractivity (Wildman–Crippen MR) is 164 cm³/mol. The van der Waals surface area contributed by atoms with Gasteiger partial charge in [-0.15, -0.1) is 0 Å². The fourth-order valence-corrected chi connectivity index (χ4v) is 5.94. The smallest absolute Gasteiger partial charge is 0.335 e. The Morgan fingerprint density at radius 3 is 2.35 bits per heavy atom. The van der Waals surface area contributed by atoms with Crippen molar-refractivity contribution in [1.82, 2.24) is 25.0 Å². The number of nitrogens with one attached hydrogen (secondary N) is 1. The predicted octanol–water partition coefficient (Wildman–Crippen LogP) is 1.03. The number of imidazole rings is 1. The maximum Gasteiger partial charge on any atom is 0.335 e. The average Bonchev–Trinajstić information content (AvgIpc) is 3.43. The van der Waals surface area contributed by atoms with Crippen LogP contribution >= 0.6 is 23.2 Å². The molecule has 2 saturated heterocycles. The van der Waals surface area contributed by atoms with Crippen LogP contribution < -0.4 is 16.1 Å². The number of rotatable bonds is 8. The third-order valence-corrected chi connectivity index (χ3v) is 8.78. The fraction of sp³-hybridized carbons (Fsp3) is 0.345. The topological polar surface area (TPSA) is 218 Å². The molecule has 6 rings (SSSR count). The first-order valence-electron chi connectivity index (χ1n) is 14.1. The highest BCUT2D eigenvalue weighted by Crippen LogP contribution is 2.36. The van der Waals surface area contributed by atoms with E-state index in [4.69, 9.17) is 43.5 Å². The summed E-state index contributed by atoms with van der Waals surface area (Å²) in [5.74, 6) is -1.32. The number of fused-ring (bicyclic) bond motifs is 1. The summed E-state index contributed by atoms with van der Waals surface area (Å²) in [6, 6.07) is 14.5. The van der Waals surface area contributed by atoms with Crippen molar-refractivity contribution in [2.24, 2.45) is 5.73 Å². The summed E-state index contributed by atoms with van der Waals surface area (Å²) in [6.45, 7) is 0.488. The van der Waals surface area contributed by atoms with Crippen molar-refractivity contribution in [2.45, 2.75) is 49.1 Å². The first kappa shape index (κ1) is 32.0. The monoisotopic (exact) mass is 673 g/mol. The van der Waals surface area contributed by atoms with E-state index in [1.165, 1.54) is 6.33 Å². The van der Waals surface area contributed by atoms with Crippen molar-refractivity contribution in [3.63, 3.8) is 0 Å². The first-order chi connectivity index (χ1) is 22.0. The van der Waals surface area contributed by atoms with Gasteiger partial charge < -0.3 is 35.8 Å².